The highest BCUT2D eigenvalue weighted by Gasteiger charge is 2.39. The third-order valence-electron chi connectivity index (χ3n) is 3.76. The third-order valence-corrected chi connectivity index (χ3v) is 4.05. The van der Waals surface area contributed by atoms with E-state index in [0.717, 1.165) is 31.9 Å². The molecule has 0 bridgehead atoms. The summed E-state index contributed by atoms with van der Waals surface area (Å²) in [5.74, 6) is -0.771. The van der Waals surface area contributed by atoms with Crippen LogP contribution in [-0.2, 0) is 4.79 Å². The first-order valence-corrected chi connectivity index (χ1v) is 7.14. The second-order valence-corrected chi connectivity index (χ2v) is 5.61. The van der Waals surface area contributed by atoms with Crippen molar-refractivity contribution in [3.05, 3.63) is 27.4 Å². The number of carboxylic acid groups (broad SMARTS) is 1. The number of nitrogens with zero attached hydrogens (tertiary/aromatic N) is 2. The molecule has 2 rings (SSSR count). The van der Waals surface area contributed by atoms with Gasteiger partial charge in [-0.2, -0.15) is 0 Å². The third kappa shape index (κ3) is 3.41. The molecule has 1 aliphatic rings. The topological polar surface area (TPSA) is 105 Å². The smallest absolute Gasteiger partial charge is 0.329 e. The molecule has 0 amide bonds. The normalized spacial score (nSPS) is 17.8. The molecule has 0 saturated heterocycles. The number of halogens is 1. The van der Waals surface area contributed by atoms with Crippen LogP contribution < -0.4 is 5.32 Å². The number of anilines is 1. The molecule has 21 heavy (non-hydrogen) atoms. The molecule has 0 unspecified atom stereocenters. The van der Waals surface area contributed by atoms with Gasteiger partial charge in [-0.15, -0.1) is 0 Å². The fourth-order valence-electron chi connectivity index (χ4n) is 2.57. The van der Waals surface area contributed by atoms with Crippen molar-refractivity contribution in [3.63, 3.8) is 0 Å². The zero-order valence-electron chi connectivity index (χ0n) is 11.3. The molecule has 0 spiro atoms. The number of carboxylic acids is 1. The molecule has 114 valence electrons. The van der Waals surface area contributed by atoms with E-state index in [9.17, 15) is 20.0 Å². The average molecular weight is 314 g/mol. The van der Waals surface area contributed by atoms with E-state index < -0.39 is 16.4 Å². The number of hydrogen-bond donors (Lipinski definition) is 2. The summed E-state index contributed by atoms with van der Waals surface area (Å²) in [6.45, 7) is 0. The molecule has 2 N–H and O–H groups in total. The molecule has 1 saturated carbocycles. The number of nitrogens with one attached hydrogen (secondary N) is 1. The maximum Gasteiger partial charge on any atom is 0.329 e. The van der Waals surface area contributed by atoms with Gasteiger partial charge in [-0.3, -0.25) is 10.1 Å². The highest BCUT2D eigenvalue weighted by atomic mass is 35.5. The summed E-state index contributed by atoms with van der Waals surface area (Å²) in [6, 6.07) is 1.17. The fourth-order valence-corrected chi connectivity index (χ4v) is 2.78. The molecule has 1 aromatic heterocycles. The number of pyridine rings is 1. The Kier molecular flexibility index (Phi) is 4.62. The van der Waals surface area contributed by atoms with Crippen LogP contribution in [0.5, 0.6) is 0 Å². The first-order chi connectivity index (χ1) is 9.94. The van der Waals surface area contributed by atoms with Gasteiger partial charge in [-0.25, -0.2) is 9.78 Å². The minimum Gasteiger partial charge on any atom is -0.480 e. The molecule has 0 atom stereocenters. The van der Waals surface area contributed by atoms with Crippen LogP contribution in [0.3, 0.4) is 0 Å². The Labute approximate surface area is 126 Å². The van der Waals surface area contributed by atoms with Crippen LogP contribution in [0.2, 0.25) is 5.02 Å². The zero-order chi connectivity index (χ0) is 15.5. The van der Waals surface area contributed by atoms with Gasteiger partial charge in [0.2, 0.25) is 0 Å². The lowest BCUT2D eigenvalue weighted by atomic mass is 9.90. The molecule has 0 radical (unpaired) electrons. The fraction of sp³-hybridized carbons (Fsp3) is 0.538. The molecule has 7 nitrogen and oxygen atoms in total. The van der Waals surface area contributed by atoms with Gasteiger partial charge in [0.25, 0.3) is 5.69 Å². The summed E-state index contributed by atoms with van der Waals surface area (Å²) in [7, 11) is 0. The van der Waals surface area contributed by atoms with E-state index in [4.69, 9.17) is 11.6 Å². The lowest BCUT2D eigenvalue weighted by Crippen LogP contribution is -2.46. The lowest BCUT2D eigenvalue weighted by molar-refractivity contribution is -0.385. The van der Waals surface area contributed by atoms with Crippen molar-refractivity contribution in [2.75, 3.05) is 5.32 Å². The average Bonchev–Trinajstić information content (AvgIpc) is 2.67. The van der Waals surface area contributed by atoms with Crippen LogP contribution >= 0.6 is 11.6 Å². The minimum absolute atomic E-state index is 0.0501. The van der Waals surface area contributed by atoms with Crippen molar-refractivity contribution < 1.29 is 14.8 Å². The molecule has 1 fully saturated rings. The largest absolute Gasteiger partial charge is 0.480 e. The number of nitro groups is 1. The Morgan fingerprint density at radius 1 is 1.38 bits per heavy atom. The monoisotopic (exact) mass is 313 g/mol. The van der Waals surface area contributed by atoms with Crippen LogP contribution in [0, 0.1) is 10.1 Å². The molecule has 0 aromatic carbocycles. The van der Waals surface area contributed by atoms with E-state index in [0.29, 0.717) is 12.8 Å². The van der Waals surface area contributed by atoms with Gasteiger partial charge in [0.15, 0.2) is 0 Å². The van der Waals surface area contributed by atoms with Crippen molar-refractivity contribution in [1.29, 1.82) is 0 Å². The molecular weight excluding hydrogens is 298 g/mol. The van der Waals surface area contributed by atoms with E-state index in [1.54, 1.807) is 0 Å². The maximum atomic E-state index is 11.7. The van der Waals surface area contributed by atoms with Gasteiger partial charge in [-0.05, 0) is 12.8 Å². The second kappa shape index (κ2) is 6.26. The zero-order valence-corrected chi connectivity index (χ0v) is 12.1. The molecule has 0 aliphatic heterocycles. The van der Waals surface area contributed by atoms with Crippen LogP contribution in [0.1, 0.15) is 38.5 Å². The SMILES string of the molecule is O=C(O)C1(Nc2ncc([N+](=O)[O-])cc2Cl)CCCCCC1. The van der Waals surface area contributed by atoms with Gasteiger partial charge in [0.05, 0.1) is 9.95 Å². The number of aliphatic carboxylic acids is 1. The highest BCUT2D eigenvalue weighted by Crippen LogP contribution is 2.33. The minimum atomic E-state index is -1.11. The van der Waals surface area contributed by atoms with E-state index >= 15 is 0 Å². The predicted octanol–water partition coefficient (Wildman–Crippen LogP) is 3.23. The Bertz CT molecular complexity index is 556. The van der Waals surface area contributed by atoms with Gasteiger partial charge in [-0.1, -0.05) is 37.3 Å². The first-order valence-electron chi connectivity index (χ1n) is 6.76. The van der Waals surface area contributed by atoms with Crippen molar-refractivity contribution >= 4 is 29.1 Å². The number of aromatic nitrogens is 1. The van der Waals surface area contributed by atoms with Gasteiger partial charge < -0.3 is 10.4 Å². The second-order valence-electron chi connectivity index (χ2n) is 5.21. The number of hydrogen-bond acceptors (Lipinski definition) is 5. The molecule has 1 heterocycles. The molecular formula is C13H16ClN3O4. The summed E-state index contributed by atoms with van der Waals surface area (Å²) in [6.07, 6.45) is 5.65. The van der Waals surface area contributed by atoms with E-state index in [2.05, 4.69) is 10.3 Å². The Morgan fingerprint density at radius 3 is 2.48 bits per heavy atom. The summed E-state index contributed by atoms with van der Waals surface area (Å²) in [5.41, 5.74) is -1.33. The number of rotatable bonds is 4. The van der Waals surface area contributed by atoms with Gasteiger partial charge in [0.1, 0.15) is 17.6 Å². The van der Waals surface area contributed by atoms with Crippen molar-refractivity contribution in [2.45, 2.75) is 44.1 Å². The Balaban J connectivity index is 2.28. The lowest BCUT2D eigenvalue weighted by Gasteiger charge is -2.30. The predicted molar refractivity (Wildman–Crippen MR) is 77.6 cm³/mol. The Hall–Kier alpha value is -1.89. The standard InChI is InChI=1S/C13H16ClN3O4/c14-10-7-9(17(20)21)8-15-11(10)16-13(12(18)19)5-3-1-2-4-6-13/h7-8H,1-6H2,(H,15,16)(H,18,19). The first kappa shape index (κ1) is 15.5. The van der Waals surface area contributed by atoms with E-state index in [1.807, 2.05) is 0 Å². The summed E-state index contributed by atoms with van der Waals surface area (Å²) in [4.78, 5) is 25.6. The van der Waals surface area contributed by atoms with E-state index in [1.165, 1.54) is 6.07 Å². The van der Waals surface area contributed by atoms with Crippen LogP contribution in [0.15, 0.2) is 12.3 Å². The van der Waals surface area contributed by atoms with Crippen molar-refractivity contribution in [3.8, 4) is 0 Å². The number of carbonyl (C=O) groups is 1. The summed E-state index contributed by atoms with van der Waals surface area (Å²) in [5, 5.41) is 23.2. The highest BCUT2D eigenvalue weighted by molar-refractivity contribution is 6.33. The maximum absolute atomic E-state index is 11.7. The molecule has 1 aliphatic carbocycles. The summed E-state index contributed by atoms with van der Waals surface area (Å²) < 4.78 is 0. The quantitative estimate of drug-likeness (QED) is 0.502. The molecule has 1 aromatic rings. The van der Waals surface area contributed by atoms with Crippen LogP contribution in [0.4, 0.5) is 11.5 Å². The van der Waals surface area contributed by atoms with Crippen LogP contribution in [-0.4, -0.2) is 26.5 Å². The van der Waals surface area contributed by atoms with Crippen molar-refractivity contribution in [1.82, 2.24) is 4.98 Å². The van der Waals surface area contributed by atoms with Crippen LogP contribution in [0.25, 0.3) is 0 Å². The molecule has 8 heteroatoms. The van der Waals surface area contributed by atoms with Gasteiger partial charge in [0, 0.05) is 6.07 Å². The summed E-state index contributed by atoms with van der Waals surface area (Å²) >= 11 is 5.98. The Morgan fingerprint density at radius 2 is 2.00 bits per heavy atom. The van der Waals surface area contributed by atoms with Crippen molar-refractivity contribution in [2.24, 2.45) is 0 Å². The van der Waals surface area contributed by atoms with E-state index in [-0.39, 0.29) is 16.5 Å². The van der Waals surface area contributed by atoms with Gasteiger partial charge >= 0.3 is 5.97 Å².